The molecule has 0 bridgehead atoms. The number of H-pyrrole nitrogens is 1. The zero-order chi connectivity index (χ0) is 16.1. The Kier molecular flexibility index (Phi) is 4.62. The summed E-state index contributed by atoms with van der Waals surface area (Å²) in [6.07, 6.45) is 8.48. The molecule has 0 aliphatic carbocycles. The molecule has 4 nitrogen and oxygen atoms in total. The molecule has 3 rings (SSSR count). The van der Waals surface area contributed by atoms with E-state index in [0.717, 1.165) is 22.0 Å². The number of nitrogens with one attached hydrogen (secondary N) is 1. The number of hydrogen-bond donors (Lipinski definition) is 1. The highest BCUT2D eigenvalue weighted by molar-refractivity contribution is 5.94. The average molecular weight is 305 g/mol. The maximum absolute atomic E-state index is 12.3. The molecule has 4 heteroatoms. The van der Waals surface area contributed by atoms with E-state index in [1.54, 1.807) is 18.5 Å². The van der Waals surface area contributed by atoms with Crippen molar-refractivity contribution in [1.82, 2.24) is 9.97 Å². The summed E-state index contributed by atoms with van der Waals surface area (Å²) >= 11 is 0. The van der Waals surface area contributed by atoms with Gasteiger partial charge < -0.3 is 4.98 Å². The summed E-state index contributed by atoms with van der Waals surface area (Å²) in [5.74, 6) is -0.793. The van der Waals surface area contributed by atoms with Gasteiger partial charge >= 0.3 is 0 Å². The van der Waals surface area contributed by atoms with Gasteiger partial charge in [0.2, 0.25) is 6.29 Å². The van der Waals surface area contributed by atoms with Gasteiger partial charge in [0.05, 0.1) is 5.92 Å². The first-order valence-corrected chi connectivity index (χ1v) is 7.62. The van der Waals surface area contributed by atoms with Gasteiger partial charge in [0.25, 0.3) is 0 Å². The van der Waals surface area contributed by atoms with Crippen molar-refractivity contribution in [1.29, 1.82) is 0 Å². The Morgan fingerprint density at radius 2 is 2.09 bits per heavy atom. The third-order valence-corrected chi connectivity index (χ3v) is 4.01. The van der Waals surface area contributed by atoms with Crippen molar-refractivity contribution in [3.05, 3.63) is 66.1 Å². The van der Waals surface area contributed by atoms with Crippen LogP contribution in [0.4, 0.5) is 0 Å². The number of aromatic nitrogens is 2. The monoisotopic (exact) mass is 305 g/mol. The van der Waals surface area contributed by atoms with E-state index in [1.165, 1.54) is 0 Å². The fourth-order valence-corrected chi connectivity index (χ4v) is 2.75. The number of carbonyl (C=O) groups is 1. The zero-order valence-corrected chi connectivity index (χ0v) is 12.7. The normalized spacial score (nSPS) is 12.2. The van der Waals surface area contributed by atoms with Crippen molar-refractivity contribution in [2.24, 2.45) is 5.92 Å². The van der Waals surface area contributed by atoms with Crippen molar-refractivity contribution in [3.63, 3.8) is 0 Å². The molecule has 1 aromatic carbocycles. The minimum atomic E-state index is -0.718. The number of para-hydroxylation sites is 1. The summed E-state index contributed by atoms with van der Waals surface area (Å²) in [5, 5.41) is 1.12. The van der Waals surface area contributed by atoms with Crippen LogP contribution in [0.15, 0.2) is 55.0 Å². The third-order valence-electron chi connectivity index (χ3n) is 4.01. The molecule has 2 heterocycles. The number of ketones is 1. The molecular weight excluding hydrogens is 288 g/mol. The van der Waals surface area contributed by atoms with Crippen LogP contribution in [0.3, 0.4) is 0 Å². The SMILES string of the molecule is O=[C]C(Cc1cccnc1)C(=O)CCc1c[nH]c2ccccc12. The van der Waals surface area contributed by atoms with Crippen molar-refractivity contribution < 1.29 is 9.59 Å². The van der Waals surface area contributed by atoms with E-state index >= 15 is 0 Å². The number of rotatable bonds is 7. The third kappa shape index (κ3) is 3.54. The van der Waals surface area contributed by atoms with Crippen molar-refractivity contribution in [3.8, 4) is 0 Å². The van der Waals surface area contributed by atoms with Gasteiger partial charge in [-0.3, -0.25) is 14.6 Å². The molecule has 23 heavy (non-hydrogen) atoms. The van der Waals surface area contributed by atoms with Crippen LogP contribution in [-0.2, 0) is 22.4 Å². The molecule has 1 atom stereocenters. The Bertz CT molecular complexity index is 808. The Balaban J connectivity index is 1.64. The second-order valence-electron chi connectivity index (χ2n) is 5.56. The number of aryl methyl sites for hydroxylation is 1. The highest BCUT2D eigenvalue weighted by Crippen LogP contribution is 2.20. The minimum Gasteiger partial charge on any atom is -0.361 e. The highest BCUT2D eigenvalue weighted by atomic mass is 16.1. The lowest BCUT2D eigenvalue weighted by atomic mass is 9.93. The number of nitrogens with zero attached hydrogens (tertiary/aromatic N) is 1. The molecule has 0 saturated heterocycles. The maximum atomic E-state index is 12.3. The predicted octanol–water partition coefficient (Wildman–Crippen LogP) is 3.03. The molecule has 0 fully saturated rings. The lowest BCUT2D eigenvalue weighted by Crippen LogP contribution is -2.19. The Morgan fingerprint density at radius 3 is 2.87 bits per heavy atom. The van der Waals surface area contributed by atoms with Crippen molar-refractivity contribution in [2.45, 2.75) is 19.3 Å². The zero-order valence-electron chi connectivity index (χ0n) is 12.7. The number of hydrogen-bond acceptors (Lipinski definition) is 3. The van der Waals surface area contributed by atoms with Crippen LogP contribution in [0.5, 0.6) is 0 Å². The van der Waals surface area contributed by atoms with E-state index < -0.39 is 5.92 Å². The molecule has 115 valence electrons. The van der Waals surface area contributed by atoms with Crippen LogP contribution < -0.4 is 0 Å². The van der Waals surface area contributed by atoms with Crippen LogP contribution in [0.2, 0.25) is 0 Å². The van der Waals surface area contributed by atoms with E-state index in [2.05, 4.69) is 9.97 Å². The molecule has 1 unspecified atom stereocenters. The molecule has 0 aliphatic heterocycles. The standard InChI is InChI=1S/C19H17N2O2/c22-13-16(10-14-4-3-9-20-11-14)19(23)8-7-15-12-21-18-6-2-1-5-17(15)18/h1-6,9,11-12,16,21H,7-8,10H2. The summed E-state index contributed by atoms with van der Waals surface area (Å²) in [5.41, 5.74) is 3.03. The number of pyridine rings is 1. The van der Waals surface area contributed by atoms with E-state index in [-0.39, 0.29) is 5.78 Å². The highest BCUT2D eigenvalue weighted by Gasteiger charge is 2.19. The maximum Gasteiger partial charge on any atom is 0.209 e. The molecule has 0 aliphatic rings. The van der Waals surface area contributed by atoms with Gasteiger partial charge in [-0.1, -0.05) is 24.3 Å². The van der Waals surface area contributed by atoms with Gasteiger partial charge in [-0.25, -0.2) is 0 Å². The van der Waals surface area contributed by atoms with Crippen molar-refractivity contribution >= 4 is 23.0 Å². The van der Waals surface area contributed by atoms with Crippen LogP contribution in [0.1, 0.15) is 17.5 Å². The molecule has 3 aromatic rings. The molecule has 0 saturated carbocycles. The first kappa shape index (κ1) is 15.2. The predicted molar refractivity (Wildman–Crippen MR) is 88.8 cm³/mol. The van der Waals surface area contributed by atoms with Crippen LogP contribution in [-0.4, -0.2) is 22.0 Å². The Hall–Kier alpha value is -2.75. The van der Waals surface area contributed by atoms with Crippen LogP contribution >= 0.6 is 0 Å². The summed E-state index contributed by atoms with van der Waals surface area (Å²) in [4.78, 5) is 30.7. The molecule has 2 aromatic heterocycles. The first-order valence-electron chi connectivity index (χ1n) is 7.62. The minimum absolute atomic E-state index is 0.0749. The smallest absolute Gasteiger partial charge is 0.209 e. The van der Waals surface area contributed by atoms with E-state index in [0.29, 0.717) is 19.3 Å². The number of fused-ring (bicyclic) bond motifs is 1. The average Bonchev–Trinajstić information content (AvgIpc) is 3.01. The van der Waals surface area contributed by atoms with Gasteiger partial charge in [-0.2, -0.15) is 0 Å². The topological polar surface area (TPSA) is 62.8 Å². The Morgan fingerprint density at radius 1 is 1.22 bits per heavy atom. The largest absolute Gasteiger partial charge is 0.361 e. The van der Waals surface area contributed by atoms with Gasteiger partial charge in [0.1, 0.15) is 5.78 Å². The van der Waals surface area contributed by atoms with Crippen LogP contribution in [0.25, 0.3) is 10.9 Å². The van der Waals surface area contributed by atoms with Gasteiger partial charge in [0, 0.05) is 35.9 Å². The second kappa shape index (κ2) is 7.01. The summed E-state index contributed by atoms with van der Waals surface area (Å²) in [6, 6.07) is 11.7. The van der Waals surface area contributed by atoms with Crippen molar-refractivity contribution in [2.75, 3.05) is 0 Å². The number of carbonyl (C=O) groups excluding carboxylic acids is 2. The lowest BCUT2D eigenvalue weighted by Gasteiger charge is -2.08. The van der Waals surface area contributed by atoms with Gasteiger partial charge in [-0.05, 0) is 36.1 Å². The number of benzene rings is 1. The molecule has 0 amide bonds. The summed E-state index contributed by atoms with van der Waals surface area (Å²) < 4.78 is 0. The first-order chi connectivity index (χ1) is 11.3. The van der Waals surface area contributed by atoms with E-state index in [9.17, 15) is 9.59 Å². The molecule has 0 spiro atoms. The quantitative estimate of drug-likeness (QED) is 0.682. The molecule has 1 radical (unpaired) electrons. The fraction of sp³-hybridized carbons (Fsp3) is 0.211. The lowest BCUT2D eigenvalue weighted by molar-refractivity contribution is -0.120. The molecule has 1 N–H and O–H groups in total. The summed E-state index contributed by atoms with van der Waals surface area (Å²) in [7, 11) is 0. The number of aromatic amines is 1. The summed E-state index contributed by atoms with van der Waals surface area (Å²) in [6.45, 7) is 0. The second-order valence-corrected chi connectivity index (χ2v) is 5.56. The number of Topliss-reactive ketones (excluding diaryl/α,β-unsaturated/α-hetero) is 1. The van der Waals surface area contributed by atoms with E-state index in [4.69, 9.17) is 0 Å². The fourth-order valence-electron chi connectivity index (χ4n) is 2.75. The van der Waals surface area contributed by atoms with E-state index in [1.807, 2.05) is 42.8 Å². The van der Waals surface area contributed by atoms with Crippen LogP contribution in [0, 0.1) is 5.92 Å². The molecular formula is C19H17N2O2. The van der Waals surface area contributed by atoms with Gasteiger partial charge in [0.15, 0.2) is 0 Å². The van der Waals surface area contributed by atoms with Gasteiger partial charge in [-0.15, -0.1) is 0 Å². The Labute approximate surface area is 134 Å².